The van der Waals surface area contributed by atoms with Crippen LogP contribution in [0.2, 0.25) is 0 Å². The smallest absolute Gasteiger partial charge is 0.245 e. The second-order valence-electron chi connectivity index (χ2n) is 9.99. The predicted molar refractivity (Wildman–Crippen MR) is 167 cm³/mol. The monoisotopic (exact) mass is 597 g/mol. The van der Waals surface area contributed by atoms with Gasteiger partial charge in [-0.3, -0.25) is 4.79 Å². The molecule has 0 saturated carbocycles. The first-order chi connectivity index (χ1) is 21.3. The van der Waals surface area contributed by atoms with Gasteiger partial charge in [0.05, 0.1) is 29.7 Å². The van der Waals surface area contributed by atoms with E-state index in [1.165, 1.54) is 36.8 Å². The van der Waals surface area contributed by atoms with Crippen LogP contribution in [-0.2, 0) is 4.79 Å². The average Bonchev–Trinajstić information content (AvgIpc) is 3.03. The maximum atomic E-state index is 15.2. The molecule has 1 aliphatic heterocycles. The van der Waals surface area contributed by atoms with E-state index < -0.39 is 5.82 Å². The molecule has 4 N–H and O–H groups in total. The lowest BCUT2D eigenvalue weighted by molar-refractivity contribution is -0.126. The fraction of sp³-hybridized carbons (Fsp3) is 0.226. The minimum atomic E-state index is -0.571. The van der Waals surface area contributed by atoms with Gasteiger partial charge >= 0.3 is 0 Å². The topological polar surface area (TPSA) is 153 Å². The lowest BCUT2D eigenvalue weighted by Gasteiger charge is -2.32. The van der Waals surface area contributed by atoms with Crippen LogP contribution in [0.4, 0.5) is 27.4 Å². The molecule has 13 heteroatoms. The van der Waals surface area contributed by atoms with E-state index in [0.29, 0.717) is 41.4 Å². The molecule has 2 aromatic carbocycles. The minimum absolute atomic E-state index is 0.0164. The normalized spacial score (nSPS) is 14.1. The maximum absolute atomic E-state index is 15.2. The van der Waals surface area contributed by atoms with E-state index >= 15 is 4.39 Å². The molecule has 0 unspecified atom stereocenters. The molecule has 0 radical (unpaired) electrons. The number of aryl methyl sites for hydroxylation is 1. The number of methoxy groups -OCH3 is 1. The largest absolute Gasteiger partial charge is 0.495 e. The quantitative estimate of drug-likeness (QED) is 0.132. The number of hydrogen-bond donors (Lipinski definition) is 3. The second kappa shape index (κ2) is 13.6. The molecule has 44 heavy (non-hydrogen) atoms. The number of anilines is 3. The molecule has 0 spiro atoms. The van der Waals surface area contributed by atoms with Crippen LogP contribution in [0.25, 0.3) is 10.9 Å². The van der Waals surface area contributed by atoms with Crippen LogP contribution in [0.3, 0.4) is 0 Å². The highest BCUT2D eigenvalue weighted by molar-refractivity contribution is 5.95. The molecule has 0 aliphatic carbocycles. The summed E-state index contributed by atoms with van der Waals surface area (Å²) in [6.45, 7) is 6.66. The van der Waals surface area contributed by atoms with Crippen LogP contribution < -0.4 is 25.8 Å². The van der Waals surface area contributed by atoms with Gasteiger partial charge in [-0.15, -0.1) is 5.10 Å². The van der Waals surface area contributed by atoms with Crippen molar-refractivity contribution >= 4 is 46.0 Å². The van der Waals surface area contributed by atoms with Gasteiger partial charge in [-0.1, -0.05) is 6.58 Å². The van der Waals surface area contributed by atoms with Crippen LogP contribution in [0.15, 0.2) is 78.4 Å². The fourth-order valence-electron chi connectivity index (χ4n) is 4.66. The second-order valence-corrected chi connectivity index (χ2v) is 9.99. The predicted octanol–water partition coefficient (Wildman–Crippen LogP) is 4.79. The molecule has 1 saturated heterocycles. The Kier molecular flexibility index (Phi) is 9.23. The molecule has 5 rings (SSSR count). The number of hydrogen-bond acceptors (Lipinski definition) is 11. The van der Waals surface area contributed by atoms with E-state index in [4.69, 9.17) is 15.2 Å². The van der Waals surface area contributed by atoms with Gasteiger partial charge in [0.2, 0.25) is 5.91 Å². The van der Waals surface area contributed by atoms with Gasteiger partial charge in [0.15, 0.2) is 11.7 Å². The van der Waals surface area contributed by atoms with Crippen molar-refractivity contribution in [2.75, 3.05) is 30.8 Å². The number of likely N-dealkylation sites (tertiary alicyclic amines) is 1. The van der Waals surface area contributed by atoms with Crippen molar-refractivity contribution in [3.8, 4) is 11.5 Å². The van der Waals surface area contributed by atoms with Gasteiger partial charge in [-0.05, 0) is 56.2 Å². The third kappa shape index (κ3) is 7.24. The third-order valence-electron chi connectivity index (χ3n) is 6.96. The highest BCUT2D eigenvalue weighted by Crippen LogP contribution is 2.35. The number of nitrogens with zero attached hydrogens (tertiary/aromatic N) is 6. The molecule has 1 amide bonds. The fourth-order valence-corrected chi connectivity index (χ4v) is 4.66. The van der Waals surface area contributed by atoms with E-state index in [1.807, 2.05) is 13.0 Å². The van der Waals surface area contributed by atoms with E-state index in [2.05, 4.69) is 42.4 Å². The summed E-state index contributed by atoms with van der Waals surface area (Å²) in [6, 6.07) is 11.7. The zero-order chi connectivity index (χ0) is 31.1. The number of carbonyl (C=O) groups is 1. The van der Waals surface area contributed by atoms with Gasteiger partial charge in [-0.25, -0.2) is 19.4 Å². The number of aromatic nitrogens is 4. The van der Waals surface area contributed by atoms with Crippen LogP contribution in [0, 0.1) is 12.7 Å². The summed E-state index contributed by atoms with van der Waals surface area (Å²) in [7, 11) is 1.59. The number of piperidine rings is 1. The Morgan fingerprint density at radius 1 is 1.14 bits per heavy atom. The average molecular weight is 598 g/mol. The van der Waals surface area contributed by atoms with Gasteiger partial charge in [-0.2, -0.15) is 5.10 Å². The lowest BCUT2D eigenvalue weighted by atomic mass is 10.0. The Bertz CT molecular complexity index is 1720. The molecule has 3 heterocycles. The van der Waals surface area contributed by atoms with E-state index in [1.54, 1.807) is 36.3 Å². The Morgan fingerprint density at radius 2 is 1.95 bits per heavy atom. The van der Waals surface area contributed by atoms with Crippen LogP contribution >= 0.6 is 0 Å². The van der Waals surface area contributed by atoms with Gasteiger partial charge < -0.3 is 30.7 Å². The Morgan fingerprint density at radius 3 is 2.66 bits per heavy atom. The molecule has 0 atom stereocenters. The summed E-state index contributed by atoms with van der Waals surface area (Å²) in [4.78, 5) is 26.6. The zero-order valence-corrected chi connectivity index (χ0v) is 24.3. The molecular formula is C31H32FN9O3. The number of carbonyl (C=O) groups excluding carboxylic acids is 1. The van der Waals surface area contributed by atoms with Gasteiger partial charge in [0, 0.05) is 48.9 Å². The van der Waals surface area contributed by atoms with Gasteiger partial charge in [0.1, 0.15) is 29.5 Å². The highest BCUT2D eigenvalue weighted by atomic mass is 19.1. The maximum Gasteiger partial charge on any atom is 0.245 e. The first kappa shape index (κ1) is 29.9. The van der Waals surface area contributed by atoms with Crippen LogP contribution in [-0.4, -0.2) is 63.4 Å². The number of rotatable bonds is 10. The molecule has 2 aromatic heterocycles. The highest BCUT2D eigenvalue weighted by Gasteiger charge is 2.22. The summed E-state index contributed by atoms with van der Waals surface area (Å²) in [5, 5.41) is 15.1. The molecular weight excluding hydrogens is 565 g/mol. The molecule has 1 fully saturated rings. The summed E-state index contributed by atoms with van der Waals surface area (Å²) in [5.41, 5.74) is 8.25. The Labute approximate surface area is 253 Å². The SMILES string of the molecule is C=CC(=O)N1CCC(Nc2cc3c(Nc4ccc(O/C(N)=C/C=Nc5ccc(C)nn5)cc4F)ncnc3cc2OC)CC1. The number of allylic oxidation sites excluding steroid dienone is 1. The number of fused-ring (bicyclic) bond motifs is 1. The van der Waals surface area contributed by atoms with E-state index in [-0.39, 0.29) is 29.3 Å². The van der Waals surface area contributed by atoms with Crippen molar-refractivity contribution in [3.63, 3.8) is 0 Å². The molecule has 226 valence electrons. The first-order valence-corrected chi connectivity index (χ1v) is 13.9. The number of nitrogens with two attached hydrogens (primary N) is 1. The van der Waals surface area contributed by atoms with Crippen molar-refractivity contribution in [1.82, 2.24) is 25.1 Å². The number of nitrogens with one attached hydrogen (secondary N) is 2. The van der Waals surface area contributed by atoms with Crippen molar-refractivity contribution in [2.24, 2.45) is 10.7 Å². The van der Waals surface area contributed by atoms with E-state index in [9.17, 15) is 4.79 Å². The molecule has 12 nitrogen and oxygen atoms in total. The molecule has 0 bridgehead atoms. The van der Waals surface area contributed by atoms with Crippen molar-refractivity contribution in [3.05, 3.63) is 84.9 Å². The first-order valence-electron chi connectivity index (χ1n) is 13.9. The van der Waals surface area contributed by atoms with Gasteiger partial charge in [0.25, 0.3) is 0 Å². The number of amides is 1. The standard InChI is InChI=1S/C31H32FN9O3/c1-4-30(42)41-13-10-20(11-14-41)37-26-16-22-25(17-27(26)43-3)35-18-36-31(22)38-24-7-6-21(15-23(24)32)44-28(33)9-12-34-29-8-5-19(2)39-40-29/h4-9,12,15-18,20,37H,1,10-11,13-14,33H2,2-3H3,(H,35,36,38)/b28-9+,34-12?. The van der Waals surface area contributed by atoms with E-state index in [0.717, 1.165) is 24.2 Å². The summed E-state index contributed by atoms with van der Waals surface area (Å²) < 4.78 is 26.3. The van der Waals surface area contributed by atoms with Crippen molar-refractivity contribution in [2.45, 2.75) is 25.8 Å². The summed E-state index contributed by atoms with van der Waals surface area (Å²) in [6.07, 6.45) is 7.13. The number of aliphatic imine (C=N–C) groups is 1. The number of halogens is 1. The third-order valence-corrected chi connectivity index (χ3v) is 6.96. The van der Waals surface area contributed by atoms with Crippen molar-refractivity contribution in [1.29, 1.82) is 0 Å². The summed E-state index contributed by atoms with van der Waals surface area (Å²) in [5.74, 6) is 1.03. The Hall–Kier alpha value is -5.59. The zero-order valence-electron chi connectivity index (χ0n) is 24.3. The van der Waals surface area contributed by atoms with Crippen molar-refractivity contribution < 1.29 is 18.7 Å². The lowest BCUT2D eigenvalue weighted by Crippen LogP contribution is -2.41. The summed E-state index contributed by atoms with van der Waals surface area (Å²) >= 11 is 0. The number of ether oxygens (including phenoxy) is 2. The minimum Gasteiger partial charge on any atom is -0.495 e. The molecule has 4 aromatic rings. The molecule has 1 aliphatic rings. The van der Waals surface area contributed by atoms with Crippen LogP contribution in [0.1, 0.15) is 18.5 Å². The van der Waals surface area contributed by atoms with Crippen LogP contribution in [0.5, 0.6) is 11.5 Å². The Balaban J connectivity index is 1.29. The number of benzene rings is 2.